The van der Waals surface area contributed by atoms with E-state index in [-0.39, 0.29) is 31.6 Å². The number of alkyl halides is 6. The Labute approximate surface area is 172 Å². The predicted molar refractivity (Wildman–Crippen MR) is 79.8 cm³/mol. The van der Waals surface area contributed by atoms with Crippen molar-refractivity contribution in [1.82, 2.24) is 0 Å². The van der Waals surface area contributed by atoms with Crippen LogP contribution >= 0.6 is 0 Å². The summed E-state index contributed by atoms with van der Waals surface area (Å²) in [4.78, 5) is 0. The SMILES string of the molecule is CC1=[C-]C(C)(C)C(C)=C1C.O=S(=O)(O)C(F)(F)F.O=S(=O)(O)C(F)(F)F.[Zr]. The molecule has 0 radical (unpaired) electrons. The Kier molecular flexibility index (Phi) is 11.6. The average Bonchev–Trinajstić information content (AvgIpc) is 2.48. The summed E-state index contributed by atoms with van der Waals surface area (Å²) in [6, 6.07) is 0. The largest absolute Gasteiger partial charge is 0.522 e. The van der Waals surface area contributed by atoms with Gasteiger partial charge in [-0.15, -0.1) is 6.92 Å². The van der Waals surface area contributed by atoms with Crippen molar-refractivity contribution >= 4 is 20.2 Å². The van der Waals surface area contributed by atoms with E-state index < -0.39 is 31.3 Å². The molecule has 6 nitrogen and oxygen atoms in total. The van der Waals surface area contributed by atoms with E-state index in [2.05, 4.69) is 40.7 Å². The summed E-state index contributed by atoms with van der Waals surface area (Å²) in [7, 11) is -11.7. The Morgan fingerprint density at radius 1 is 0.815 bits per heavy atom. The average molecular weight is 527 g/mol. The van der Waals surface area contributed by atoms with Gasteiger partial charge in [-0.3, -0.25) is 15.2 Å². The van der Waals surface area contributed by atoms with E-state index in [0.717, 1.165) is 0 Å². The molecule has 15 heteroatoms. The topological polar surface area (TPSA) is 109 Å². The number of allylic oxidation sites excluding steroid dienone is 4. The Balaban J connectivity index is -0.000000318. The predicted octanol–water partition coefficient (Wildman–Crippen LogP) is 3.90. The van der Waals surface area contributed by atoms with Crippen molar-refractivity contribution in [2.24, 2.45) is 5.41 Å². The maximum Gasteiger partial charge on any atom is 0.522 e. The molecule has 0 aromatic rings. The molecule has 0 heterocycles. The summed E-state index contributed by atoms with van der Waals surface area (Å²) in [5.41, 5.74) is -6.67. The quantitative estimate of drug-likeness (QED) is 0.215. The van der Waals surface area contributed by atoms with Crippen LogP contribution in [0.2, 0.25) is 0 Å². The Morgan fingerprint density at radius 2 is 1.04 bits per heavy atom. The van der Waals surface area contributed by atoms with Crippen molar-refractivity contribution in [2.45, 2.75) is 45.6 Å². The first-order valence-corrected chi connectivity index (χ1v) is 9.20. The summed E-state index contributed by atoms with van der Waals surface area (Å²) in [6.45, 7) is 10.9. The molecular weight excluding hydrogens is 509 g/mol. The molecule has 0 saturated carbocycles. The third-order valence-corrected chi connectivity index (χ3v) is 4.32. The first-order chi connectivity index (χ1) is 10.9. The van der Waals surface area contributed by atoms with E-state index in [0.29, 0.717) is 0 Å². The number of hydrogen-bond acceptors (Lipinski definition) is 4. The van der Waals surface area contributed by atoms with E-state index >= 15 is 0 Å². The van der Waals surface area contributed by atoms with Gasteiger partial charge in [0.15, 0.2) is 0 Å². The van der Waals surface area contributed by atoms with Gasteiger partial charge in [-0.2, -0.15) is 54.3 Å². The molecule has 0 spiro atoms. The van der Waals surface area contributed by atoms with Gasteiger partial charge < -0.3 is 0 Å². The third kappa shape index (κ3) is 10.8. The fourth-order valence-corrected chi connectivity index (χ4v) is 1.41. The normalized spacial score (nSPS) is 17.0. The molecule has 0 unspecified atom stereocenters. The smallest absolute Gasteiger partial charge is 0.279 e. The van der Waals surface area contributed by atoms with Crippen LogP contribution in [0.3, 0.4) is 0 Å². The van der Waals surface area contributed by atoms with Crippen LogP contribution in [-0.4, -0.2) is 37.0 Å². The van der Waals surface area contributed by atoms with Gasteiger partial charge >= 0.3 is 31.3 Å². The maximum absolute atomic E-state index is 10.7. The Morgan fingerprint density at radius 3 is 1.07 bits per heavy atom. The summed E-state index contributed by atoms with van der Waals surface area (Å²) in [5.74, 6) is 0. The fourth-order valence-electron chi connectivity index (χ4n) is 1.41. The Hall–Kier alpha value is -0.237. The molecule has 0 fully saturated rings. The van der Waals surface area contributed by atoms with Crippen molar-refractivity contribution in [2.75, 3.05) is 0 Å². The molecule has 160 valence electrons. The van der Waals surface area contributed by atoms with Crippen molar-refractivity contribution in [3.8, 4) is 0 Å². The minimum absolute atomic E-state index is 0. The number of rotatable bonds is 0. The van der Waals surface area contributed by atoms with E-state index in [1.54, 1.807) is 0 Å². The van der Waals surface area contributed by atoms with E-state index in [1.807, 2.05) is 0 Å². The van der Waals surface area contributed by atoms with E-state index in [1.165, 1.54) is 16.7 Å². The van der Waals surface area contributed by atoms with Crippen LogP contribution in [0.15, 0.2) is 16.7 Å². The van der Waals surface area contributed by atoms with Crippen LogP contribution in [-0.2, 0) is 46.4 Å². The standard InChI is InChI=1S/C10H15.2CHF3O3S.Zr/c1-7-6-10(4,5)9(3)8(7)2;2*2-1(3,4)8(5,6)7;/h1-5H3;2*(H,5,6,7);/q-1;;;. The van der Waals surface area contributed by atoms with Gasteiger partial charge in [-0.25, -0.2) is 5.57 Å². The molecular formula is C12H17F6O6S2Zr-. The maximum atomic E-state index is 10.7. The van der Waals surface area contributed by atoms with Crippen LogP contribution in [0.5, 0.6) is 0 Å². The molecule has 0 aromatic heterocycles. The van der Waals surface area contributed by atoms with Crippen LogP contribution in [0, 0.1) is 11.5 Å². The minimum atomic E-state index is -5.84. The second kappa shape index (κ2) is 9.99. The van der Waals surface area contributed by atoms with Crippen molar-refractivity contribution in [3.63, 3.8) is 0 Å². The first kappa shape index (κ1) is 31.5. The zero-order valence-electron chi connectivity index (χ0n) is 14.6. The second-order valence-electron chi connectivity index (χ2n) is 5.47. The van der Waals surface area contributed by atoms with Gasteiger partial charge in [0.25, 0.3) is 0 Å². The summed E-state index contributed by atoms with van der Waals surface area (Å²) < 4.78 is 115. The molecule has 0 aromatic carbocycles. The van der Waals surface area contributed by atoms with E-state index in [9.17, 15) is 26.3 Å². The third-order valence-electron chi connectivity index (χ3n) is 3.15. The molecule has 27 heavy (non-hydrogen) atoms. The van der Waals surface area contributed by atoms with Crippen molar-refractivity contribution in [1.29, 1.82) is 0 Å². The van der Waals surface area contributed by atoms with Crippen molar-refractivity contribution in [3.05, 3.63) is 22.8 Å². The fraction of sp³-hybridized carbons (Fsp3) is 0.667. The van der Waals surface area contributed by atoms with Crippen LogP contribution in [0.1, 0.15) is 34.6 Å². The number of hydrogen-bond donors (Lipinski definition) is 2. The molecule has 0 saturated heterocycles. The van der Waals surface area contributed by atoms with E-state index in [4.69, 9.17) is 25.9 Å². The summed E-state index contributed by atoms with van der Waals surface area (Å²) in [6.07, 6.45) is 3.44. The molecule has 0 bridgehead atoms. The molecule has 1 aliphatic rings. The van der Waals surface area contributed by atoms with Gasteiger partial charge in [0.1, 0.15) is 0 Å². The van der Waals surface area contributed by atoms with Crippen molar-refractivity contribution < 1.29 is 78.5 Å². The zero-order chi connectivity index (χ0) is 21.9. The molecule has 1 rings (SSSR count). The molecule has 0 amide bonds. The van der Waals surface area contributed by atoms with Gasteiger partial charge in [-0.1, -0.05) is 33.1 Å². The first-order valence-electron chi connectivity index (χ1n) is 6.32. The van der Waals surface area contributed by atoms with Gasteiger partial charge in [0.05, 0.1) is 0 Å². The van der Waals surface area contributed by atoms with Gasteiger partial charge in [0, 0.05) is 26.2 Å². The van der Waals surface area contributed by atoms with Gasteiger partial charge in [0.2, 0.25) is 0 Å². The van der Waals surface area contributed by atoms with Gasteiger partial charge in [-0.05, 0) is 0 Å². The Bertz CT molecular complexity index is 734. The molecule has 0 aliphatic heterocycles. The van der Waals surface area contributed by atoms with Crippen LogP contribution in [0.25, 0.3) is 0 Å². The molecule has 0 atom stereocenters. The zero-order valence-corrected chi connectivity index (χ0v) is 18.7. The monoisotopic (exact) mass is 525 g/mol. The molecule has 2 N–H and O–H groups in total. The summed E-state index contributed by atoms with van der Waals surface area (Å²) >= 11 is 0. The van der Waals surface area contributed by atoms with Crippen LogP contribution < -0.4 is 0 Å². The molecule has 1 aliphatic carbocycles. The number of halogens is 6. The van der Waals surface area contributed by atoms with Crippen LogP contribution in [0.4, 0.5) is 26.3 Å². The summed E-state index contributed by atoms with van der Waals surface area (Å²) in [5, 5.41) is 0. The second-order valence-corrected chi connectivity index (χ2v) is 8.29. The minimum Gasteiger partial charge on any atom is -0.279 e.